The molecule has 0 nitrogen and oxygen atoms in total. The van der Waals surface area contributed by atoms with E-state index < -0.39 is 0 Å². The molecule has 0 amide bonds. The number of thiol groups is 1. The summed E-state index contributed by atoms with van der Waals surface area (Å²) in [6, 6.07) is 8.49. The standard InChI is InChI=1S/C10H10S/c11-10-6-5-8-3-1-2-4-9(8)7-10/h1-4,7,11H,5-6H2. The zero-order valence-electron chi connectivity index (χ0n) is 6.25. The Hall–Kier alpha value is -0.690. The highest BCUT2D eigenvalue weighted by Gasteiger charge is 2.05. The second-order valence-electron chi connectivity index (χ2n) is 2.83. The zero-order chi connectivity index (χ0) is 7.68. The van der Waals surface area contributed by atoms with E-state index in [9.17, 15) is 0 Å². The molecule has 0 radical (unpaired) electrons. The molecule has 0 atom stereocenters. The summed E-state index contributed by atoms with van der Waals surface area (Å²) < 4.78 is 0. The van der Waals surface area contributed by atoms with Gasteiger partial charge in [0.1, 0.15) is 0 Å². The molecule has 0 fully saturated rings. The molecule has 0 saturated carbocycles. The molecular formula is C10H10S. The Morgan fingerprint density at radius 3 is 2.82 bits per heavy atom. The van der Waals surface area contributed by atoms with Crippen LogP contribution in [0, 0.1) is 0 Å². The molecule has 0 bridgehead atoms. The number of hydrogen-bond donors (Lipinski definition) is 1. The van der Waals surface area contributed by atoms with Crippen molar-refractivity contribution in [2.75, 3.05) is 0 Å². The van der Waals surface area contributed by atoms with Crippen LogP contribution >= 0.6 is 12.6 Å². The van der Waals surface area contributed by atoms with Gasteiger partial charge in [-0.2, -0.15) is 0 Å². The molecule has 0 heterocycles. The van der Waals surface area contributed by atoms with Gasteiger partial charge in [0.25, 0.3) is 0 Å². The molecule has 0 aromatic heterocycles. The lowest BCUT2D eigenvalue weighted by Gasteiger charge is -2.11. The molecular weight excluding hydrogens is 152 g/mol. The Morgan fingerprint density at radius 2 is 1.91 bits per heavy atom. The third-order valence-corrected chi connectivity index (χ3v) is 2.38. The number of rotatable bonds is 0. The van der Waals surface area contributed by atoms with Gasteiger partial charge in [-0.05, 0) is 34.9 Å². The highest BCUT2D eigenvalue weighted by atomic mass is 32.1. The molecule has 0 N–H and O–H groups in total. The van der Waals surface area contributed by atoms with Gasteiger partial charge < -0.3 is 0 Å². The van der Waals surface area contributed by atoms with Gasteiger partial charge in [0.2, 0.25) is 0 Å². The van der Waals surface area contributed by atoms with Gasteiger partial charge in [0.15, 0.2) is 0 Å². The van der Waals surface area contributed by atoms with Crippen molar-refractivity contribution < 1.29 is 0 Å². The summed E-state index contributed by atoms with van der Waals surface area (Å²) >= 11 is 4.35. The first-order valence-corrected chi connectivity index (χ1v) is 4.28. The Balaban J connectivity index is 2.51. The van der Waals surface area contributed by atoms with Gasteiger partial charge in [-0.25, -0.2) is 0 Å². The SMILES string of the molecule is SC1=Cc2ccccc2CC1. The Kier molecular flexibility index (Phi) is 1.74. The zero-order valence-corrected chi connectivity index (χ0v) is 7.14. The minimum absolute atomic E-state index is 1.10. The van der Waals surface area contributed by atoms with Gasteiger partial charge in [-0.1, -0.05) is 24.3 Å². The average Bonchev–Trinajstić information content (AvgIpc) is 2.04. The molecule has 0 aliphatic heterocycles. The first kappa shape index (κ1) is 6.99. The largest absolute Gasteiger partial charge is 0.148 e. The molecule has 0 unspecified atom stereocenters. The Bertz CT molecular complexity index is 299. The number of benzene rings is 1. The molecule has 11 heavy (non-hydrogen) atoms. The van der Waals surface area contributed by atoms with Crippen LogP contribution in [0.2, 0.25) is 0 Å². The van der Waals surface area contributed by atoms with Gasteiger partial charge in [0.05, 0.1) is 0 Å². The number of aryl methyl sites for hydroxylation is 1. The molecule has 0 saturated heterocycles. The minimum Gasteiger partial charge on any atom is -0.148 e. The normalized spacial score (nSPS) is 15.5. The lowest BCUT2D eigenvalue weighted by atomic mass is 9.98. The maximum atomic E-state index is 4.35. The topological polar surface area (TPSA) is 0 Å². The second kappa shape index (κ2) is 2.74. The highest BCUT2D eigenvalue weighted by molar-refractivity contribution is 7.84. The van der Waals surface area contributed by atoms with Crippen LogP contribution in [0.25, 0.3) is 6.08 Å². The summed E-state index contributed by atoms with van der Waals surface area (Å²) in [6.07, 6.45) is 4.40. The van der Waals surface area contributed by atoms with Crippen LogP contribution in [-0.4, -0.2) is 0 Å². The van der Waals surface area contributed by atoms with Crippen molar-refractivity contribution >= 4 is 18.7 Å². The lowest BCUT2D eigenvalue weighted by molar-refractivity contribution is 0.975. The number of fused-ring (bicyclic) bond motifs is 1. The summed E-state index contributed by atoms with van der Waals surface area (Å²) in [5, 5.41) is 0. The maximum absolute atomic E-state index is 4.35. The lowest BCUT2D eigenvalue weighted by Crippen LogP contribution is -1.94. The summed E-state index contributed by atoms with van der Waals surface area (Å²) in [5.74, 6) is 0. The van der Waals surface area contributed by atoms with Crippen molar-refractivity contribution in [1.82, 2.24) is 0 Å². The molecule has 2 rings (SSSR count). The van der Waals surface area contributed by atoms with E-state index in [1.54, 1.807) is 0 Å². The molecule has 1 aromatic carbocycles. The van der Waals surface area contributed by atoms with E-state index >= 15 is 0 Å². The van der Waals surface area contributed by atoms with Gasteiger partial charge in [-0.3, -0.25) is 0 Å². The summed E-state index contributed by atoms with van der Waals surface area (Å²) in [6.45, 7) is 0. The first-order valence-electron chi connectivity index (χ1n) is 3.84. The van der Waals surface area contributed by atoms with E-state index in [1.807, 2.05) is 0 Å². The van der Waals surface area contributed by atoms with Crippen molar-refractivity contribution in [3.63, 3.8) is 0 Å². The molecule has 56 valence electrons. The number of allylic oxidation sites excluding steroid dienone is 1. The van der Waals surface area contributed by atoms with E-state index in [-0.39, 0.29) is 0 Å². The molecule has 1 aliphatic rings. The molecule has 0 spiro atoms. The van der Waals surface area contributed by atoms with Crippen molar-refractivity contribution in [1.29, 1.82) is 0 Å². The van der Waals surface area contributed by atoms with E-state index in [4.69, 9.17) is 0 Å². The van der Waals surface area contributed by atoms with Crippen molar-refractivity contribution in [2.45, 2.75) is 12.8 Å². The van der Waals surface area contributed by atoms with Crippen molar-refractivity contribution in [3.8, 4) is 0 Å². The van der Waals surface area contributed by atoms with Gasteiger partial charge in [0, 0.05) is 0 Å². The third kappa shape index (κ3) is 1.33. The Morgan fingerprint density at radius 1 is 1.09 bits per heavy atom. The van der Waals surface area contributed by atoms with Crippen LogP contribution < -0.4 is 0 Å². The molecule has 1 heteroatoms. The van der Waals surface area contributed by atoms with Crippen LogP contribution in [0.4, 0.5) is 0 Å². The van der Waals surface area contributed by atoms with Crippen LogP contribution in [0.15, 0.2) is 29.2 Å². The van der Waals surface area contributed by atoms with E-state index in [2.05, 4.69) is 43.0 Å². The van der Waals surface area contributed by atoms with Crippen LogP contribution in [-0.2, 0) is 6.42 Å². The Labute approximate surface area is 72.4 Å². The van der Waals surface area contributed by atoms with Crippen molar-refractivity contribution in [2.24, 2.45) is 0 Å². The average molecular weight is 162 g/mol. The second-order valence-corrected chi connectivity index (χ2v) is 3.41. The predicted molar refractivity (Wildman–Crippen MR) is 51.7 cm³/mol. The first-order chi connectivity index (χ1) is 5.36. The van der Waals surface area contributed by atoms with Crippen molar-refractivity contribution in [3.05, 3.63) is 40.3 Å². The van der Waals surface area contributed by atoms with E-state index in [0.29, 0.717) is 0 Å². The summed E-state index contributed by atoms with van der Waals surface area (Å²) in [7, 11) is 0. The summed E-state index contributed by atoms with van der Waals surface area (Å²) in [5.41, 5.74) is 2.79. The third-order valence-electron chi connectivity index (χ3n) is 2.03. The van der Waals surface area contributed by atoms with E-state index in [1.165, 1.54) is 16.0 Å². The fourth-order valence-corrected chi connectivity index (χ4v) is 1.67. The molecule has 1 aliphatic carbocycles. The van der Waals surface area contributed by atoms with E-state index in [0.717, 1.165) is 12.8 Å². The summed E-state index contributed by atoms with van der Waals surface area (Å²) in [4.78, 5) is 1.20. The van der Waals surface area contributed by atoms with Gasteiger partial charge in [-0.15, -0.1) is 12.6 Å². The van der Waals surface area contributed by atoms with Crippen LogP contribution in [0.3, 0.4) is 0 Å². The fraction of sp³-hybridized carbons (Fsp3) is 0.200. The quantitative estimate of drug-likeness (QED) is 0.557. The smallest absolute Gasteiger partial charge is 0.0175 e. The number of hydrogen-bond acceptors (Lipinski definition) is 1. The van der Waals surface area contributed by atoms with Gasteiger partial charge >= 0.3 is 0 Å². The monoisotopic (exact) mass is 162 g/mol. The van der Waals surface area contributed by atoms with Crippen LogP contribution in [0.1, 0.15) is 17.5 Å². The highest BCUT2D eigenvalue weighted by Crippen LogP contribution is 2.24. The predicted octanol–water partition coefficient (Wildman–Crippen LogP) is 2.90. The van der Waals surface area contributed by atoms with Crippen LogP contribution in [0.5, 0.6) is 0 Å². The maximum Gasteiger partial charge on any atom is -0.0175 e. The molecule has 1 aromatic rings. The fourth-order valence-electron chi connectivity index (χ4n) is 1.42. The minimum atomic E-state index is 1.10.